The van der Waals surface area contributed by atoms with E-state index in [-0.39, 0.29) is 24.5 Å². The van der Waals surface area contributed by atoms with Crippen molar-refractivity contribution in [3.05, 3.63) is 107 Å². The maximum absolute atomic E-state index is 13.1. The summed E-state index contributed by atoms with van der Waals surface area (Å²) in [6.45, 7) is 2.15. The molecule has 0 spiro atoms. The summed E-state index contributed by atoms with van der Waals surface area (Å²) in [6, 6.07) is 21.7. The van der Waals surface area contributed by atoms with Crippen molar-refractivity contribution in [2.45, 2.75) is 20.1 Å². The number of oxime groups is 1. The summed E-state index contributed by atoms with van der Waals surface area (Å²) in [4.78, 5) is 21.2. The first kappa shape index (κ1) is 22.7. The van der Waals surface area contributed by atoms with Crippen molar-refractivity contribution >= 4 is 11.7 Å². The van der Waals surface area contributed by atoms with Crippen molar-refractivity contribution in [1.29, 1.82) is 0 Å². The minimum Gasteiger partial charge on any atom is -0.487 e. The van der Waals surface area contributed by atoms with Gasteiger partial charge in [0.15, 0.2) is 5.71 Å². The van der Waals surface area contributed by atoms with Crippen molar-refractivity contribution in [2.75, 3.05) is 0 Å². The van der Waals surface area contributed by atoms with Gasteiger partial charge in [-0.25, -0.2) is 14.2 Å². The summed E-state index contributed by atoms with van der Waals surface area (Å²) in [5.74, 6) is 0.137. The standard InChI is InChI=1S/C26H21FN2O5/c1-17-23(28-25(34-17)20-5-3-2-4-6-20)16-32-22-13-7-18(8-14-22)15-33-29-24(26(30)31)19-9-11-21(27)12-10-19/h2-14H,15-16H2,1H3,(H,30,31). The second kappa shape index (κ2) is 10.4. The molecular weight excluding hydrogens is 439 g/mol. The zero-order chi connectivity index (χ0) is 23.9. The van der Waals surface area contributed by atoms with E-state index < -0.39 is 11.8 Å². The summed E-state index contributed by atoms with van der Waals surface area (Å²) >= 11 is 0. The number of hydrogen-bond donors (Lipinski definition) is 1. The molecule has 0 aliphatic rings. The van der Waals surface area contributed by atoms with E-state index in [0.29, 0.717) is 23.1 Å². The molecule has 34 heavy (non-hydrogen) atoms. The number of carboxylic acids is 1. The fourth-order valence-corrected chi connectivity index (χ4v) is 3.09. The number of aliphatic carboxylic acids is 1. The molecule has 0 saturated heterocycles. The summed E-state index contributed by atoms with van der Waals surface area (Å²) in [6.07, 6.45) is 0. The van der Waals surface area contributed by atoms with Gasteiger partial charge in [0.1, 0.15) is 36.2 Å². The van der Waals surface area contributed by atoms with Crippen LogP contribution in [-0.4, -0.2) is 21.8 Å². The van der Waals surface area contributed by atoms with Crippen LogP contribution in [0.25, 0.3) is 11.5 Å². The molecule has 4 rings (SSSR count). The maximum atomic E-state index is 13.1. The van der Waals surface area contributed by atoms with Crippen LogP contribution in [0.5, 0.6) is 5.75 Å². The molecule has 4 aromatic rings. The predicted molar refractivity (Wildman–Crippen MR) is 123 cm³/mol. The molecule has 1 N–H and O–H groups in total. The van der Waals surface area contributed by atoms with Crippen LogP contribution in [0.1, 0.15) is 22.6 Å². The Morgan fingerprint density at radius 2 is 1.71 bits per heavy atom. The quantitative estimate of drug-likeness (QED) is 0.266. The van der Waals surface area contributed by atoms with Crippen LogP contribution in [0.3, 0.4) is 0 Å². The van der Waals surface area contributed by atoms with Crippen LogP contribution in [0.2, 0.25) is 0 Å². The van der Waals surface area contributed by atoms with Crippen molar-refractivity contribution in [3.8, 4) is 17.2 Å². The smallest absolute Gasteiger partial charge is 0.358 e. The number of carbonyl (C=O) groups is 1. The highest BCUT2D eigenvalue weighted by atomic mass is 19.1. The van der Waals surface area contributed by atoms with Crippen LogP contribution >= 0.6 is 0 Å². The van der Waals surface area contributed by atoms with Gasteiger partial charge in [0.05, 0.1) is 0 Å². The van der Waals surface area contributed by atoms with E-state index in [9.17, 15) is 14.3 Å². The fraction of sp³-hybridized carbons (Fsp3) is 0.115. The maximum Gasteiger partial charge on any atom is 0.358 e. The third kappa shape index (κ3) is 5.66. The number of rotatable bonds is 9. The second-order valence-electron chi connectivity index (χ2n) is 7.35. The van der Waals surface area contributed by atoms with Gasteiger partial charge in [-0.15, -0.1) is 0 Å². The molecule has 0 atom stereocenters. The number of halogens is 1. The van der Waals surface area contributed by atoms with Crippen molar-refractivity contribution in [2.24, 2.45) is 5.16 Å². The zero-order valence-electron chi connectivity index (χ0n) is 18.3. The third-order valence-electron chi connectivity index (χ3n) is 4.92. The number of benzene rings is 3. The second-order valence-corrected chi connectivity index (χ2v) is 7.35. The van der Waals surface area contributed by atoms with Crippen LogP contribution in [0.15, 0.2) is 88.4 Å². The van der Waals surface area contributed by atoms with Gasteiger partial charge in [0.2, 0.25) is 5.89 Å². The van der Waals surface area contributed by atoms with E-state index in [1.165, 1.54) is 12.1 Å². The summed E-state index contributed by atoms with van der Waals surface area (Å²) < 4.78 is 24.6. The number of hydrogen-bond acceptors (Lipinski definition) is 6. The molecule has 1 aromatic heterocycles. The molecule has 0 fully saturated rings. The lowest BCUT2D eigenvalue weighted by atomic mass is 10.1. The van der Waals surface area contributed by atoms with Crippen molar-refractivity contribution in [3.63, 3.8) is 0 Å². The van der Waals surface area contributed by atoms with Gasteiger partial charge in [0.25, 0.3) is 0 Å². The zero-order valence-corrected chi connectivity index (χ0v) is 18.3. The Hall–Kier alpha value is -4.46. The lowest BCUT2D eigenvalue weighted by Crippen LogP contribution is -2.15. The number of nitrogens with zero attached hydrogens (tertiary/aromatic N) is 2. The normalized spacial score (nSPS) is 11.3. The highest BCUT2D eigenvalue weighted by Crippen LogP contribution is 2.23. The molecule has 1 heterocycles. The Kier molecular flexibility index (Phi) is 6.98. The summed E-state index contributed by atoms with van der Waals surface area (Å²) in [5.41, 5.74) is 2.31. The largest absolute Gasteiger partial charge is 0.487 e. The summed E-state index contributed by atoms with van der Waals surface area (Å²) in [7, 11) is 0. The molecule has 0 unspecified atom stereocenters. The minimum absolute atomic E-state index is 0.0566. The van der Waals surface area contributed by atoms with E-state index in [1.807, 2.05) is 37.3 Å². The Labute approximate surface area is 195 Å². The summed E-state index contributed by atoms with van der Waals surface area (Å²) in [5, 5.41) is 13.0. The average molecular weight is 460 g/mol. The van der Waals surface area contributed by atoms with E-state index in [0.717, 1.165) is 23.3 Å². The van der Waals surface area contributed by atoms with Gasteiger partial charge in [0, 0.05) is 11.1 Å². The first-order valence-corrected chi connectivity index (χ1v) is 10.4. The van der Waals surface area contributed by atoms with Crippen LogP contribution in [-0.2, 0) is 22.8 Å². The predicted octanol–water partition coefficient (Wildman–Crippen LogP) is 5.37. The van der Waals surface area contributed by atoms with Gasteiger partial charge in [-0.05, 0) is 61.0 Å². The molecular formula is C26H21FN2O5. The lowest BCUT2D eigenvalue weighted by molar-refractivity contribution is -0.129. The molecule has 0 aliphatic carbocycles. The minimum atomic E-state index is -1.27. The molecule has 172 valence electrons. The highest BCUT2D eigenvalue weighted by molar-refractivity contribution is 6.42. The van der Waals surface area contributed by atoms with E-state index in [4.69, 9.17) is 14.0 Å². The van der Waals surface area contributed by atoms with Gasteiger partial charge in [-0.3, -0.25) is 0 Å². The van der Waals surface area contributed by atoms with E-state index >= 15 is 0 Å². The highest BCUT2D eigenvalue weighted by Gasteiger charge is 2.14. The van der Waals surface area contributed by atoms with E-state index in [1.54, 1.807) is 24.3 Å². The van der Waals surface area contributed by atoms with E-state index in [2.05, 4.69) is 10.1 Å². The SMILES string of the molecule is Cc1oc(-c2ccccc2)nc1COc1ccc(CON=C(C(=O)O)c2ccc(F)cc2)cc1. The molecule has 7 nitrogen and oxygen atoms in total. The van der Waals surface area contributed by atoms with Crippen molar-refractivity contribution < 1.29 is 28.3 Å². The first-order chi connectivity index (χ1) is 16.5. The van der Waals surface area contributed by atoms with Gasteiger partial charge < -0.3 is 19.1 Å². The van der Waals surface area contributed by atoms with Gasteiger partial charge >= 0.3 is 5.97 Å². The number of aromatic nitrogens is 1. The number of oxazole rings is 1. The Morgan fingerprint density at radius 1 is 1.00 bits per heavy atom. The first-order valence-electron chi connectivity index (χ1n) is 10.4. The molecule has 0 saturated carbocycles. The number of carboxylic acid groups (broad SMARTS) is 1. The fourth-order valence-electron chi connectivity index (χ4n) is 3.09. The molecule has 0 amide bonds. The van der Waals surface area contributed by atoms with Gasteiger partial charge in [-0.1, -0.05) is 35.5 Å². The Balaban J connectivity index is 1.34. The molecule has 0 aliphatic heterocycles. The lowest BCUT2D eigenvalue weighted by Gasteiger charge is -2.06. The van der Waals surface area contributed by atoms with Gasteiger partial charge in [-0.2, -0.15) is 0 Å². The topological polar surface area (TPSA) is 94.2 Å². The average Bonchev–Trinajstić information content (AvgIpc) is 3.23. The van der Waals surface area contributed by atoms with Crippen LogP contribution in [0.4, 0.5) is 4.39 Å². The molecule has 3 aromatic carbocycles. The molecule has 0 bridgehead atoms. The van der Waals surface area contributed by atoms with Crippen LogP contribution < -0.4 is 4.74 Å². The van der Waals surface area contributed by atoms with Crippen molar-refractivity contribution in [1.82, 2.24) is 4.98 Å². The molecule has 8 heteroatoms. The number of ether oxygens (including phenoxy) is 1. The monoisotopic (exact) mass is 460 g/mol. The Bertz CT molecular complexity index is 1280. The Morgan fingerprint density at radius 3 is 2.38 bits per heavy atom. The van der Waals surface area contributed by atoms with Crippen LogP contribution in [0, 0.1) is 12.7 Å². The number of aryl methyl sites for hydroxylation is 1. The molecule has 0 radical (unpaired) electrons. The third-order valence-corrected chi connectivity index (χ3v) is 4.92.